The number of hydrogen-bond acceptors (Lipinski definition) is 3. The highest BCUT2D eigenvalue weighted by atomic mass is 79.9. The molecule has 4 heteroatoms. The van der Waals surface area contributed by atoms with Gasteiger partial charge in [0.05, 0.1) is 10.4 Å². The Morgan fingerprint density at radius 1 is 1.21 bits per heavy atom. The van der Waals surface area contributed by atoms with Gasteiger partial charge < -0.3 is 10.4 Å². The van der Waals surface area contributed by atoms with Gasteiger partial charge in [0.1, 0.15) is 0 Å². The van der Waals surface area contributed by atoms with Gasteiger partial charge in [-0.05, 0) is 47.0 Å². The van der Waals surface area contributed by atoms with E-state index in [2.05, 4.69) is 52.4 Å². The van der Waals surface area contributed by atoms with Crippen LogP contribution in [0.25, 0.3) is 0 Å². The maximum atomic E-state index is 9.52. The maximum absolute atomic E-state index is 9.52. The van der Waals surface area contributed by atoms with E-state index < -0.39 is 0 Å². The molecule has 0 aliphatic rings. The van der Waals surface area contributed by atoms with Crippen molar-refractivity contribution in [3.63, 3.8) is 0 Å². The minimum Gasteiger partial charge on any atom is -0.395 e. The molecule has 0 aliphatic heterocycles. The number of aliphatic hydroxyl groups is 1. The number of benzene rings is 1. The number of rotatable bonds is 6. The first kappa shape index (κ1) is 14.7. The zero-order valence-corrected chi connectivity index (χ0v) is 13.2. The summed E-state index contributed by atoms with van der Waals surface area (Å²) in [4.78, 5) is 1.28. The van der Waals surface area contributed by atoms with Crippen molar-refractivity contribution in [3.8, 4) is 0 Å². The quantitative estimate of drug-likeness (QED) is 0.839. The third-order valence-corrected chi connectivity index (χ3v) is 4.86. The summed E-state index contributed by atoms with van der Waals surface area (Å²) in [6, 6.07) is 14.8. The van der Waals surface area contributed by atoms with Gasteiger partial charge in [-0.3, -0.25) is 0 Å². The lowest BCUT2D eigenvalue weighted by Gasteiger charge is -2.21. The SMILES string of the molecule is CC(N[C@H](CO)Cc1ccccc1)c1ccc(Br)s1. The van der Waals surface area contributed by atoms with Crippen LogP contribution in [0.3, 0.4) is 0 Å². The van der Waals surface area contributed by atoms with Crippen LogP contribution >= 0.6 is 27.3 Å². The van der Waals surface area contributed by atoms with Gasteiger partial charge in [-0.1, -0.05) is 30.3 Å². The van der Waals surface area contributed by atoms with E-state index in [0.717, 1.165) is 10.2 Å². The second kappa shape index (κ2) is 7.20. The van der Waals surface area contributed by atoms with Crippen molar-refractivity contribution in [2.24, 2.45) is 0 Å². The molecule has 1 aromatic heterocycles. The molecule has 0 spiro atoms. The van der Waals surface area contributed by atoms with Gasteiger partial charge in [0.25, 0.3) is 0 Å². The van der Waals surface area contributed by atoms with Gasteiger partial charge in [0, 0.05) is 17.0 Å². The van der Waals surface area contributed by atoms with Gasteiger partial charge in [-0.25, -0.2) is 0 Å². The molecule has 0 saturated carbocycles. The molecular formula is C15H18BrNOS. The van der Waals surface area contributed by atoms with Crippen LogP contribution in [0, 0.1) is 0 Å². The first-order valence-corrected chi connectivity index (χ1v) is 7.96. The number of thiophene rings is 1. The fraction of sp³-hybridized carbons (Fsp3) is 0.333. The van der Waals surface area contributed by atoms with Crippen molar-refractivity contribution < 1.29 is 5.11 Å². The molecule has 0 aliphatic carbocycles. The van der Waals surface area contributed by atoms with Crippen LogP contribution in [0.4, 0.5) is 0 Å². The van der Waals surface area contributed by atoms with E-state index in [0.29, 0.717) is 0 Å². The van der Waals surface area contributed by atoms with Crippen LogP contribution in [0.15, 0.2) is 46.3 Å². The molecule has 2 atom stereocenters. The average molecular weight is 340 g/mol. The minimum atomic E-state index is 0.0817. The molecule has 2 aromatic rings. The Bertz CT molecular complexity index is 500. The molecular weight excluding hydrogens is 322 g/mol. The predicted octanol–water partition coefficient (Wildman–Crippen LogP) is 3.76. The van der Waals surface area contributed by atoms with Gasteiger partial charge >= 0.3 is 0 Å². The van der Waals surface area contributed by atoms with E-state index in [1.807, 2.05) is 18.2 Å². The average Bonchev–Trinajstić information content (AvgIpc) is 2.86. The van der Waals surface area contributed by atoms with Gasteiger partial charge in [-0.2, -0.15) is 0 Å². The number of aliphatic hydroxyl groups excluding tert-OH is 1. The number of nitrogens with one attached hydrogen (secondary N) is 1. The predicted molar refractivity (Wildman–Crippen MR) is 84.6 cm³/mol. The van der Waals surface area contributed by atoms with Crippen LogP contribution in [0.5, 0.6) is 0 Å². The third-order valence-electron chi connectivity index (χ3n) is 3.05. The molecule has 1 aromatic carbocycles. The molecule has 0 saturated heterocycles. The van der Waals surface area contributed by atoms with Crippen LogP contribution < -0.4 is 5.32 Å². The Morgan fingerprint density at radius 2 is 1.95 bits per heavy atom. The van der Waals surface area contributed by atoms with Crippen LogP contribution in [0.2, 0.25) is 0 Å². The fourth-order valence-corrected chi connectivity index (χ4v) is 3.51. The molecule has 0 radical (unpaired) electrons. The summed E-state index contributed by atoms with van der Waals surface area (Å²) >= 11 is 5.21. The van der Waals surface area contributed by atoms with Crippen LogP contribution in [-0.2, 0) is 6.42 Å². The van der Waals surface area contributed by atoms with E-state index in [1.165, 1.54) is 10.4 Å². The molecule has 2 nitrogen and oxygen atoms in total. The molecule has 2 N–H and O–H groups in total. The lowest BCUT2D eigenvalue weighted by Crippen LogP contribution is -2.36. The Labute approximate surface area is 126 Å². The van der Waals surface area contributed by atoms with E-state index in [-0.39, 0.29) is 18.7 Å². The lowest BCUT2D eigenvalue weighted by atomic mass is 10.1. The number of halogens is 1. The third kappa shape index (κ3) is 4.42. The lowest BCUT2D eigenvalue weighted by molar-refractivity contribution is 0.233. The zero-order valence-electron chi connectivity index (χ0n) is 10.8. The van der Waals surface area contributed by atoms with Crippen LogP contribution in [-0.4, -0.2) is 17.8 Å². The highest BCUT2D eigenvalue weighted by Crippen LogP contribution is 2.27. The summed E-state index contributed by atoms with van der Waals surface area (Å²) in [5.74, 6) is 0. The normalized spacial score (nSPS) is 14.3. The van der Waals surface area contributed by atoms with Gasteiger partial charge in [0.15, 0.2) is 0 Å². The van der Waals surface area contributed by atoms with Crippen molar-refractivity contribution in [1.82, 2.24) is 5.32 Å². The van der Waals surface area contributed by atoms with Crippen molar-refractivity contribution in [1.29, 1.82) is 0 Å². The van der Waals surface area contributed by atoms with E-state index in [9.17, 15) is 5.11 Å². The zero-order chi connectivity index (χ0) is 13.7. The highest BCUT2D eigenvalue weighted by molar-refractivity contribution is 9.11. The molecule has 19 heavy (non-hydrogen) atoms. The van der Waals surface area contributed by atoms with Gasteiger partial charge in [-0.15, -0.1) is 11.3 Å². The summed E-state index contributed by atoms with van der Waals surface area (Å²) in [5.41, 5.74) is 1.24. The second-order valence-corrected chi connectivity index (χ2v) is 7.09. The Balaban J connectivity index is 1.95. The Kier molecular flexibility index (Phi) is 5.58. The standard InChI is InChI=1S/C15H18BrNOS/c1-11(14-7-8-15(16)19-14)17-13(10-18)9-12-5-3-2-4-6-12/h2-8,11,13,17-18H,9-10H2,1H3/t11?,13-/m0/s1. The summed E-state index contributed by atoms with van der Waals surface area (Å²) in [6.07, 6.45) is 0.841. The highest BCUT2D eigenvalue weighted by Gasteiger charge is 2.14. The minimum absolute atomic E-state index is 0.0817. The first-order chi connectivity index (χ1) is 9.19. The number of hydrogen-bond donors (Lipinski definition) is 2. The van der Waals surface area contributed by atoms with Crippen molar-refractivity contribution in [3.05, 3.63) is 56.7 Å². The summed E-state index contributed by atoms with van der Waals surface area (Å²) in [6.45, 7) is 2.28. The Morgan fingerprint density at radius 3 is 2.53 bits per heavy atom. The van der Waals surface area contributed by atoms with E-state index in [4.69, 9.17) is 0 Å². The molecule has 102 valence electrons. The summed E-state index contributed by atoms with van der Waals surface area (Å²) in [5, 5.41) is 13.0. The fourth-order valence-electron chi connectivity index (χ4n) is 2.07. The molecule has 2 rings (SSSR count). The van der Waals surface area contributed by atoms with Gasteiger partial charge in [0.2, 0.25) is 0 Å². The smallest absolute Gasteiger partial charge is 0.0701 e. The van der Waals surface area contributed by atoms with E-state index >= 15 is 0 Å². The van der Waals surface area contributed by atoms with Crippen LogP contribution in [0.1, 0.15) is 23.4 Å². The molecule has 0 fully saturated rings. The van der Waals surface area contributed by atoms with Crippen molar-refractivity contribution in [2.75, 3.05) is 6.61 Å². The van der Waals surface area contributed by atoms with Crippen molar-refractivity contribution >= 4 is 27.3 Å². The monoisotopic (exact) mass is 339 g/mol. The van der Waals surface area contributed by atoms with E-state index in [1.54, 1.807) is 11.3 Å². The molecule has 0 amide bonds. The largest absolute Gasteiger partial charge is 0.395 e. The molecule has 1 heterocycles. The summed E-state index contributed by atoms with van der Waals surface area (Å²) in [7, 11) is 0. The topological polar surface area (TPSA) is 32.3 Å². The second-order valence-electron chi connectivity index (χ2n) is 4.60. The van der Waals surface area contributed by atoms with Crippen molar-refractivity contribution in [2.45, 2.75) is 25.4 Å². The molecule has 1 unspecified atom stereocenters. The molecule has 0 bridgehead atoms. The first-order valence-electron chi connectivity index (χ1n) is 6.35. The maximum Gasteiger partial charge on any atom is 0.0701 e. The summed E-state index contributed by atoms with van der Waals surface area (Å²) < 4.78 is 1.14. The Hall–Kier alpha value is -0.680.